The smallest absolute Gasteiger partial charge is 0.335 e. The first kappa shape index (κ1) is 22.2. The highest BCUT2D eigenvalue weighted by Gasteiger charge is 2.29. The van der Waals surface area contributed by atoms with Gasteiger partial charge in [-0.25, -0.2) is 19.6 Å². The summed E-state index contributed by atoms with van der Waals surface area (Å²) in [6, 6.07) is 3.16. The van der Waals surface area contributed by atoms with Crippen LogP contribution in [0.2, 0.25) is 0 Å². The van der Waals surface area contributed by atoms with Gasteiger partial charge in [0.1, 0.15) is 11.6 Å². The number of aromatic nitrogens is 4. The van der Waals surface area contributed by atoms with E-state index >= 15 is 0 Å². The Morgan fingerprint density at radius 2 is 1.08 bits per heavy atom. The number of hydrogen-bond donors (Lipinski definition) is 8. The second-order valence-electron chi connectivity index (χ2n) is 4.25. The third-order valence-electron chi connectivity index (χ3n) is 2.20. The zero-order chi connectivity index (χ0) is 20.3. The molecule has 2 aromatic heterocycles. The van der Waals surface area contributed by atoms with Crippen molar-refractivity contribution in [3.05, 3.63) is 24.5 Å². The van der Waals surface area contributed by atoms with Crippen LogP contribution in [-0.4, -0.2) is 64.5 Å². The van der Waals surface area contributed by atoms with E-state index in [2.05, 4.69) is 19.9 Å². The van der Waals surface area contributed by atoms with Gasteiger partial charge in [0.2, 0.25) is 11.9 Å². The molecule has 26 heavy (non-hydrogen) atoms. The highest BCUT2D eigenvalue weighted by Crippen LogP contribution is 1.95. The highest BCUT2D eigenvalue weighted by atomic mass is 16.4. The number of nitrogen functional groups attached to an aromatic ring is 4. The first-order chi connectivity index (χ1) is 12.0. The summed E-state index contributed by atoms with van der Waals surface area (Å²) in [6.07, 6.45) is -1.51. The Kier molecular flexibility index (Phi) is 9.31. The lowest BCUT2D eigenvalue weighted by atomic mass is 10.2. The van der Waals surface area contributed by atoms with Crippen molar-refractivity contribution in [3.63, 3.8) is 0 Å². The van der Waals surface area contributed by atoms with Crippen LogP contribution in [-0.2, 0) is 9.59 Å². The maximum atomic E-state index is 9.77. The van der Waals surface area contributed by atoms with E-state index in [-0.39, 0.29) is 11.9 Å². The monoisotopic (exact) mass is 370 g/mol. The molecular weight excluding hydrogens is 352 g/mol. The van der Waals surface area contributed by atoms with E-state index in [1.807, 2.05) is 0 Å². The maximum absolute atomic E-state index is 9.77. The molecule has 2 aromatic rings. The first-order valence-corrected chi connectivity index (χ1v) is 6.54. The van der Waals surface area contributed by atoms with E-state index in [4.69, 9.17) is 43.4 Å². The molecule has 2 unspecified atom stereocenters. The molecular formula is C12H18N8O6. The Bertz CT molecular complexity index is 634. The Labute approximate surface area is 146 Å². The lowest BCUT2D eigenvalue weighted by molar-refractivity contribution is -0.165. The minimum Gasteiger partial charge on any atom is -0.479 e. The van der Waals surface area contributed by atoms with Crippen molar-refractivity contribution in [2.45, 2.75) is 12.2 Å². The summed E-state index contributed by atoms with van der Waals surface area (Å²) in [5, 5.41) is 32.5. The van der Waals surface area contributed by atoms with Crippen molar-refractivity contribution in [3.8, 4) is 0 Å². The molecule has 0 saturated heterocycles. The van der Waals surface area contributed by atoms with Gasteiger partial charge in [-0.1, -0.05) is 0 Å². The average Bonchev–Trinajstić information content (AvgIpc) is 2.54. The van der Waals surface area contributed by atoms with E-state index in [1.165, 1.54) is 12.4 Å². The van der Waals surface area contributed by atoms with Gasteiger partial charge in [-0.3, -0.25) is 0 Å². The third kappa shape index (κ3) is 9.38. The van der Waals surface area contributed by atoms with E-state index < -0.39 is 24.1 Å². The van der Waals surface area contributed by atoms with Crippen molar-refractivity contribution >= 4 is 35.5 Å². The average molecular weight is 370 g/mol. The van der Waals surface area contributed by atoms with Crippen molar-refractivity contribution in [1.29, 1.82) is 0 Å². The fraction of sp³-hybridized carbons (Fsp3) is 0.167. The molecule has 14 heteroatoms. The molecule has 0 aliphatic heterocycles. The van der Waals surface area contributed by atoms with Gasteiger partial charge < -0.3 is 43.4 Å². The van der Waals surface area contributed by atoms with Crippen LogP contribution in [0.1, 0.15) is 0 Å². The SMILES string of the molecule is Nc1ccnc(N)n1.Nc1ccnc(N)n1.O=C(O)C(O)C(O)C(=O)O. The number of hydrogen-bond acceptors (Lipinski definition) is 12. The number of nitrogens with two attached hydrogens (primary N) is 4. The molecule has 2 heterocycles. The summed E-state index contributed by atoms with van der Waals surface area (Å²) in [4.78, 5) is 34.0. The largest absolute Gasteiger partial charge is 0.479 e. The van der Waals surface area contributed by atoms with Crippen molar-refractivity contribution < 1.29 is 30.0 Å². The number of aliphatic hydroxyl groups excluding tert-OH is 2. The summed E-state index contributed by atoms with van der Waals surface area (Å²) < 4.78 is 0. The number of anilines is 4. The van der Waals surface area contributed by atoms with Crippen LogP contribution in [0.5, 0.6) is 0 Å². The van der Waals surface area contributed by atoms with Crippen molar-refractivity contribution in [2.24, 2.45) is 0 Å². The normalized spacial score (nSPS) is 11.6. The van der Waals surface area contributed by atoms with Crippen LogP contribution >= 0.6 is 0 Å². The van der Waals surface area contributed by atoms with Gasteiger partial charge in [0.05, 0.1) is 0 Å². The lowest BCUT2D eigenvalue weighted by Crippen LogP contribution is -2.39. The number of carbonyl (C=O) groups is 2. The first-order valence-electron chi connectivity index (χ1n) is 6.54. The summed E-state index contributed by atoms with van der Waals surface area (Å²) in [6.45, 7) is 0. The molecule has 0 saturated carbocycles. The van der Waals surface area contributed by atoms with Crippen molar-refractivity contribution in [1.82, 2.24) is 19.9 Å². The molecule has 0 aromatic carbocycles. The summed E-state index contributed by atoms with van der Waals surface area (Å²) in [5.41, 5.74) is 20.8. The molecule has 0 amide bonds. The number of nitrogens with zero attached hydrogens (tertiary/aromatic N) is 4. The Hall–Kier alpha value is -3.78. The topological polar surface area (TPSA) is 271 Å². The number of aliphatic hydroxyl groups is 2. The Morgan fingerprint density at radius 1 is 0.769 bits per heavy atom. The van der Waals surface area contributed by atoms with Gasteiger partial charge >= 0.3 is 11.9 Å². The molecule has 2 rings (SSSR count). The molecule has 142 valence electrons. The zero-order valence-corrected chi connectivity index (χ0v) is 13.2. The summed E-state index contributed by atoms with van der Waals surface area (Å²) in [7, 11) is 0. The molecule has 0 fully saturated rings. The summed E-state index contributed by atoms with van der Waals surface area (Å²) >= 11 is 0. The lowest BCUT2D eigenvalue weighted by Gasteiger charge is -2.07. The van der Waals surface area contributed by atoms with E-state index in [0.717, 1.165) is 0 Å². The predicted molar refractivity (Wildman–Crippen MR) is 89.0 cm³/mol. The van der Waals surface area contributed by atoms with Gasteiger partial charge in [-0.05, 0) is 12.1 Å². The molecule has 12 N–H and O–H groups in total. The number of carboxylic acids is 2. The van der Waals surface area contributed by atoms with Crippen LogP contribution in [0.4, 0.5) is 23.5 Å². The Morgan fingerprint density at radius 3 is 1.23 bits per heavy atom. The molecule has 14 nitrogen and oxygen atoms in total. The number of rotatable bonds is 3. The third-order valence-corrected chi connectivity index (χ3v) is 2.20. The van der Waals surface area contributed by atoms with Gasteiger partial charge in [-0.2, -0.15) is 9.97 Å². The molecule has 0 bridgehead atoms. The van der Waals surface area contributed by atoms with Crippen molar-refractivity contribution in [2.75, 3.05) is 22.9 Å². The molecule has 0 radical (unpaired) electrons. The number of aliphatic carboxylic acids is 2. The second kappa shape index (κ2) is 10.9. The summed E-state index contributed by atoms with van der Waals surface area (Å²) in [5.74, 6) is -2.31. The predicted octanol–water partition coefficient (Wildman–Crippen LogP) is -2.84. The standard InChI is InChI=1S/2C4H6N4.C4H6O6/c2*5-3-1-2-7-4(6)8-3;5-1(3(7)8)2(6)4(9)10/h2*1-2H,(H4,5,6,7,8);1-2,5-6H,(H,7,8)(H,9,10). The maximum Gasteiger partial charge on any atom is 0.335 e. The highest BCUT2D eigenvalue weighted by molar-refractivity contribution is 5.83. The molecule has 0 aliphatic rings. The molecule has 0 spiro atoms. The molecule has 2 atom stereocenters. The van der Waals surface area contributed by atoms with Crippen LogP contribution < -0.4 is 22.9 Å². The Balaban J connectivity index is 0.000000363. The van der Waals surface area contributed by atoms with E-state index in [0.29, 0.717) is 11.6 Å². The number of carboxylic acid groups (broad SMARTS) is 2. The van der Waals surface area contributed by atoms with Crippen LogP contribution in [0.15, 0.2) is 24.5 Å². The zero-order valence-electron chi connectivity index (χ0n) is 13.2. The molecule has 0 aliphatic carbocycles. The van der Waals surface area contributed by atoms with Gasteiger partial charge in [-0.15, -0.1) is 0 Å². The van der Waals surface area contributed by atoms with Gasteiger partial charge in [0.25, 0.3) is 0 Å². The van der Waals surface area contributed by atoms with Gasteiger partial charge in [0.15, 0.2) is 12.2 Å². The minimum atomic E-state index is -2.27. The minimum absolute atomic E-state index is 0.213. The fourth-order valence-corrected chi connectivity index (χ4v) is 1.05. The van der Waals surface area contributed by atoms with Crippen LogP contribution in [0, 0.1) is 0 Å². The van der Waals surface area contributed by atoms with E-state index in [9.17, 15) is 9.59 Å². The van der Waals surface area contributed by atoms with Crippen LogP contribution in [0.3, 0.4) is 0 Å². The second-order valence-corrected chi connectivity index (χ2v) is 4.25. The fourth-order valence-electron chi connectivity index (χ4n) is 1.05. The quantitative estimate of drug-likeness (QED) is 0.270. The van der Waals surface area contributed by atoms with Crippen LogP contribution in [0.25, 0.3) is 0 Å². The van der Waals surface area contributed by atoms with E-state index in [1.54, 1.807) is 12.1 Å². The van der Waals surface area contributed by atoms with Gasteiger partial charge in [0, 0.05) is 12.4 Å².